The van der Waals surface area contributed by atoms with E-state index in [2.05, 4.69) is 10.1 Å². The first-order valence-corrected chi connectivity index (χ1v) is 7.56. The van der Waals surface area contributed by atoms with Gasteiger partial charge in [0.2, 0.25) is 0 Å². The fourth-order valence-corrected chi connectivity index (χ4v) is 2.07. The van der Waals surface area contributed by atoms with Crippen molar-refractivity contribution in [2.75, 3.05) is 5.75 Å². The lowest BCUT2D eigenvalue weighted by Crippen LogP contribution is -2.40. The molecule has 0 aliphatic rings. The van der Waals surface area contributed by atoms with Crippen molar-refractivity contribution < 1.29 is 30.8 Å². The number of nitrogens with zero attached hydrogens (tertiary/aromatic N) is 3. The van der Waals surface area contributed by atoms with E-state index in [4.69, 9.17) is 0 Å². The Morgan fingerprint density at radius 1 is 1.23 bits per heavy atom. The highest BCUT2D eigenvalue weighted by Crippen LogP contribution is 2.29. The summed E-state index contributed by atoms with van der Waals surface area (Å²) in [4.78, 5) is 3.26. The monoisotopic (exact) mass is 333 g/mol. The predicted molar refractivity (Wildman–Crippen MR) is 67.2 cm³/mol. The molecule has 0 aromatic carbocycles. The first-order valence-electron chi connectivity index (χ1n) is 5.98. The van der Waals surface area contributed by atoms with Gasteiger partial charge in [-0.25, -0.2) is 8.42 Å². The van der Waals surface area contributed by atoms with Crippen molar-refractivity contribution in [3.05, 3.63) is 42.5 Å². The molecule has 0 aliphatic carbocycles. The Hall–Kier alpha value is -2.07. The van der Waals surface area contributed by atoms with Crippen molar-refractivity contribution in [2.45, 2.75) is 12.7 Å². The molecule has 2 rings (SSSR count). The first kappa shape index (κ1) is 16.3. The minimum absolute atomic E-state index is 0.129. The highest BCUT2D eigenvalue weighted by Gasteiger charge is 2.32. The molecule has 22 heavy (non-hydrogen) atoms. The zero-order valence-electron chi connectivity index (χ0n) is 11.0. The minimum Gasteiger partial charge on any atom is -0.748 e. The van der Waals surface area contributed by atoms with Crippen molar-refractivity contribution in [1.29, 1.82) is 0 Å². The third-order valence-electron chi connectivity index (χ3n) is 2.73. The Kier molecular flexibility index (Phi) is 4.42. The van der Waals surface area contributed by atoms with Gasteiger partial charge in [0.05, 0.1) is 5.75 Å². The number of hydrogen-bond acceptors (Lipinski definition) is 5. The maximum Gasteiger partial charge on any atom is 0.433 e. The SMILES string of the molecule is O=S(=O)([O-])CC[n+]1ccc(-c2ccnc(C(F)(F)F)c2)cn1. The topological polar surface area (TPSA) is 86.9 Å². The number of aryl methyl sites for hydroxylation is 1. The largest absolute Gasteiger partial charge is 0.748 e. The van der Waals surface area contributed by atoms with Crippen LogP contribution in [-0.2, 0) is 22.8 Å². The summed E-state index contributed by atoms with van der Waals surface area (Å²) in [6, 6.07) is 3.77. The minimum atomic E-state index is -4.54. The summed E-state index contributed by atoms with van der Waals surface area (Å²) in [5, 5.41) is 3.86. The second-order valence-corrected chi connectivity index (χ2v) is 5.89. The van der Waals surface area contributed by atoms with Crippen molar-refractivity contribution in [1.82, 2.24) is 10.1 Å². The van der Waals surface area contributed by atoms with Crippen LogP contribution in [0.2, 0.25) is 0 Å². The molecule has 0 radical (unpaired) electrons. The average molecular weight is 333 g/mol. The molecule has 0 saturated carbocycles. The van der Waals surface area contributed by atoms with Gasteiger partial charge in [0.25, 0.3) is 0 Å². The van der Waals surface area contributed by atoms with Gasteiger partial charge in [-0.2, -0.15) is 13.2 Å². The molecule has 2 aromatic heterocycles. The molecular formula is C12H10F3N3O3S. The van der Waals surface area contributed by atoms with E-state index < -0.39 is 27.7 Å². The molecule has 2 aromatic rings. The molecule has 0 bridgehead atoms. The van der Waals surface area contributed by atoms with Crippen LogP contribution >= 0.6 is 0 Å². The number of rotatable bonds is 4. The quantitative estimate of drug-likeness (QED) is 0.615. The smallest absolute Gasteiger partial charge is 0.433 e. The van der Waals surface area contributed by atoms with E-state index in [0.29, 0.717) is 5.56 Å². The Labute approximate surface area is 124 Å². The van der Waals surface area contributed by atoms with E-state index in [9.17, 15) is 26.1 Å². The van der Waals surface area contributed by atoms with Crippen LogP contribution in [0.1, 0.15) is 5.69 Å². The first-order chi connectivity index (χ1) is 10.1. The molecule has 0 aliphatic heterocycles. The molecule has 0 N–H and O–H groups in total. The summed E-state index contributed by atoms with van der Waals surface area (Å²) in [6.07, 6.45) is -0.828. The lowest BCUT2D eigenvalue weighted by Gasteiger charge is -2.07. The van der Waals surface area contributed by atoms with Crippen LogP contribution in [0.3, 0.4) is 0 Å². The number of pyridine rings is 1. The van der Waals surface area contributed by atoms with E-state index in [1.807, 2.05) is 0 Å². The van der Waals surface area contributed by atoms with Crippen LogP contribution in [0.25, 0.3) is 11.1 Å². The normalized spacial score (nSPS) is 12.4. The van der Waals surface area contributed by atoms with Gasteiger partial charge in [-0.3, -0.25) is 4.98 Å². The molecule has 6 nitrogen and oxygen atoms in total. The Balaban J connectivity index is 2.20. The third kappa shape index (κ3) is 4.46. The number of hydrogen-bond donors (Lipinski definition) is 0. The summed E-state index contributed by atoms with van der Waals surface area (Å²) >= 11 is 0. The zero-order valence-corrected chi connectivity index (χ0v) is 11.8. The zero-order chi connectivity index (χ0) is 16.4. The molecule has 0 fully saturated rings. The number of halogens is 3. The van der Waals surface area contributed by atoms with E-state index in [0.717, 1.165) is 12.3 Å². The van der Waals surface area contributed by atoms with Gasteiger partial charge in [0.1, 0.15) is 22.0 Å². The van der Waals surface area contributed by atoms with Crippen LogP contribution in [0.15, 0.2) is 36.8 Å². The molecule has 0 amide bonds. The summed E-state index contributed by atoms with van der Waals surface area (Å²) in [5.74, 6) is -0.614. The van der Waals surface area contributed by atoms with Crippen LogP contribution < -0.4 is 4.68 Å². The van der Waals surface area contributed by atoms with Gasteiger partial charge in [-0.05, 0) is 22.8 Å². The highest BCUT2D eigenvalue weighted by atomic mass is 32.2. The van der Waals surface area contributed by atoms with Gasteiger partial charge in [0, 0.05) is 17.8 Å². The van der Waals surface area contributed by atoms with E-state index in [-0.39, 0.29) is 12.1 Å². The highest BCUT2D eigenvalue weighted by molar-refractivity contribution is 7.85. The van der Waals surface area contributed by atoms with Crippen molar-refractivity contribution in [3.63, 3.8) is 0 Å². The standard InChI is InChI=1S/C12H10F3N3O3S/c13-12(14,15)11-7-9(1-3-16-11)10-2-4-18(17-8-10)5-6-22(19,20)21/h1-4,7-8H,5-6H2. The van der Waals surface area contributed by atoms with E-state index >= 15 is 0 Å². The lowest BCUT2D eigenvalue weighted by atomic mass is 10.1. The van der Waals surface area contributed by atoms with Crippen LogP contribution in [-0.4, -0.2) is 28.8 Å². The van der Waals surface area contributed by atoms with E-state index in [1.165, 1.54) is 29.2 Å². The summed E-state index contributed by atoms with van der Waals surface area (Å²) in [6.45, 7) is -0.129. The second kappa shape index (κ2) is 5.97. The Bertz CT molecular complexity index is 761. The van der Waals surface area contributed by atoms with Crippen LogP contribution in [0.5, 0.6) is 0 Å². The Morgan fingerprint density at radius 2 is 1.95 bits per heavy atom. The second-order valence-electron chi connectivity index (χ2n) is 4.37. The summed E-state index contributed by atoms with van der Waals surface area (Å²) in [5.41, 5.74) is -0.327. The van der Waals surface area contributed by atoms with Crippen LogP contribution in [0.4, 0.5) is 13.2 Å². The molecule has 0 unspecified atom stereocenters. The van der Waals surface area contributed by atoms with Crippen molar-refractivity contribution in [3.8, 4) is 11.1 Å². The summed E-state index contributed by atoms with van der Waals surface area (Å²) in [7, 11) is -4.35. The molecule has 2 heterocycles. The number of alkyl halides is 3. The molecule has 118 valence electrons. The van der Waals surface area contributed by atoms with Crippen LogP contribution in [0, 0.1) is 0 Å². The fourth-order valence-electron chi connectivity index (χ4n) is 1.66. The van der Waals surface area contributed by atoms with Gasteiger partial charge in [-0.15, -0.1) is 0 Å². The van der Waals surface area contributed by atoms with E-state index in [1.54, 1.807) is 0 Å². The summed E-state index contributed by atoms with van der Waals surface area (Å²) < 4.78 is 70.5. The predicted octanol–water partition coefficient (Wildman–Crippen LogP) is 0.995. The molecule has 0 atom stereocenters. The maximum absolute atomic E-state index is 12.6. The molecule has 0 saturated heterocycles. The Morgan fingerprint density at radius 3 is 2.50 bits per heavy atom. The molecular weight excluding hydrogens is 323 g/mol. The fraction of sp³-hybridized carbons (Fsp3) is 0.250. The van der Waals surface area contributed by atoms with Crippen molar-refractivity contribution >= 4 is 10.1 Å². The lowest BCUT2D eigenvalue weighted by molar-refractivity contribution is -0.750. The van der Waals surface area contributed by atoms with Gasteiger partial charge in [-0.1, -0.05) is 4.68 Å². The van der Waals surface area contributed by atoms with Gasteiger partial charge in [0.15, 0.2) is 12.7 Å². The molecule has 10 heteroatoms. The maximum atomic E-state index is 12.6. The van der Waals surface area contributed by atoms with Gasteiger partial charge >= 0.3 is 6.18 Å². The van der Waals surface area contributed by atoms with Gasteiger partial charge < -0.3 is 4.55 Å². The third-order valence-corrected chi connectivity index (χ3v) is 3.41. The van der Waals surface area contributed by atoms with Crippen molar-refractivity contribution in [2.24, 2.45) is 0 Å². The number of aromatic nitrogens is 3. The molecule has 0 spiro atoms. The average Bonchev–Trinajstić information content (AvgIpc) is 2.44.